The molecule has 104 valence electrons. The Morgan fingerprint density at radius 1 is 1.32 bits per heavy atom. The van der Waals surface area contributed by atoms with Crippen molar-refractivity contribution in [3.05, 3.63) is 35.9 Å². The lowest BCUT2D eigenvalue weighted by Gasteiger charge is -2.16. The predicted octanol–water partition coefficient (Wildman–Crippen LogP) is 1.45. The minimum atomic E-state index is -1.01. The van der Waals surface area contributed by atoms with Gasteiger partial charge in [0.2, 0.25) is 5.91 Å². The highest BCUT2D eigenvalue weighted by molar-refractivity contribution is 5.83. The summed E-state index contributed by atoms with van der Waals surface area (Å²) in [5.41, 5.74) is 6.77. The van der Waals surface area contributed by atoms with Crippen LogP contribution in [0.15, 0.2) is 30.3 Å². The molecule has 1 rings (SSSR count). The van der Waals surface area contributed by atoms with Gasteiger partial charge in [-0.3, -0.25) is 4.79 Å². The molecule has 1 aromatic rings. The Morgan fingerprint density at radius 2 is 1.95 bits per heavy atom. The summed E-state index contributed by atoms with van der Waals surface area (Å²) in [6, 6.07) is 8.02. The van der Waals surface area contributed by atoms with Crippen molar-refractivity contribution in [2.75, 3.05) is 0 Å². The summed E-state index contributed by atoms with van der Waals surface area (Å²) in [5.74, 6) is -1.35. The van der Waals surface area contributed by atoms with Crippen LogP contribution < -0.4 is 11.1 Å². The maximum absolute atomic E-state index is 11.8. The molecule has 5 heteroatoms. The largest absolute Gasteiger partial charge is 0.480 e. The summed E-state index contributed by atoms with van der Waals surface area (Å²) in [7, 11) is 0. The van der Waals surface area contributed by atoms with Crippen LogP contribution in [0.1, 0.15) is 37.8 Å². The number of nitrogens with one attached hydrogen (secondary N) is 1. The van der Waals surface area contributed by atoms with E-state index in [1.54, 1.807) is 0 Å². The number of carbonyl (C=O) groups excluding carboxylic acids is 1. The first-order valence-corrected chi connectivity index (χ1v) is 6.37. The quantitative estimate of drug-likeness (QED) is 0.695. The molecule has 2 unspecified atom stereocenters. The number of carbonyl (C=O) groups is 2. The zero-order chi connectivity index (χ0) is 14.3. The molecule has 0 aromatic heterocycles. The van der Waals surface area contributed by atoms with Gasteiger partial charge in [-0.1, -0.05) is 43.7 Å². The fourth-order valence-electron chi connectivity index (χ4n) is 1.82. The van der Waals surface area contributed by atoms with E-state index in [1.165, 1.54) is 0 Å². The molecule has 2 atom stereocenters. The van der Waals surface area contributed by atoms with Gasteiger partial charge in [0.15, 0.2) is 0 Å². The number of aliphatic carboxylic acids is 1. The number of carboxylic acid groups (broad SMARTS) is 1. The van der Waals surface area contributed by atoms with Crippen molar-refractivity contribution in [3.63, 3.8) is 0 Å². The Bertz CT molecular complexity index is 420. The van der Waals surface area contributed by atoms with Gasteiger partial charge < -0.3 is 16.2 Å². The monoisotopic (exact) mass is 264 g/mol. The molecular formula is C14H20N2O3. The van der Waals surface area contributed by atoms with Crippen LogP contribution in [-0.4, -0.2) is 23.0 Å². The van der Waals surface area contributed by atoms with Crippen LogP contribution >= 0.6 is 0 Å². The average molecular weight is 264 g/mol. The Balaban J connectivity index is 2.52. The lowest BCUT2D eigenvalue weighted by Crippen LogP contribution is -2.41. The lowest BCUT2D eigenvalue weighted by atomic mass is 10.0. The molecule has 0 aliphatic rings. The van der Waals surface area contributed by atoms with Gasteiger partial charge >= 0.3 is 5.97 Å². The number of nitrogens with two attached hydrogens (primary N) is 1. The van der Waals surface area contributed by atoms with Crippen molar-refractivity contribution in [2.45, 2.75) is 38.3 Å². The van der Waals surface area contributed by atoms with Gasteiger partial charge in [-0.05, 0) is 12.0 Å². The summed E-state index contributed by atoms with van der Waals surface area (Å²) in [5, 5.41) is 11.5. The maximum atomic E-state index is 11.8. The van der Waals surface area contributed by atoms with E-state index in [0.29, 0.717) is 12.8 Å². The van der Waals surface area contributed by atoms with E-state index >= 15 is 0 Å². The standard InChI is InChI=1S/C14H20N2O3/c1-2-6-12(14(18)19)16-13(17)9-11(15)10-7-4-3-5-8-10/h3-5,7-8,11-12H,2,6,9,15H2,1H3,(H,16,17)(H,18,19). The number of benzene rings is 1. The summed E-state index contributed by atoms with van der Waals surface area (Å²) in [6.45, 7) is 1.87. The van der Waals surface area contributed by atoms with E-state index in [1.807, 2.05) is 37.3 Å². The molecule has 0 heterocycles. The van der Waals surface area contributed by atoms with Crippen molar-refractivity contribution < 1.29 is 14.7 Å². The molecule has 0 aliphatic carbocycles. The smallest absolute Gasteiger partial charge is 0.326 e. The second-order valence-electron chi connectivity index (χ2n) is 4.47. The van der Waals surface area contributed by atoms with Crippen LogP contribution in [0.4, 0.5) is 0 Å². The maximum Gasteiger partial charge on any atom is 0.326 e. The third-order valence-corrected chi connectivity index (χ3v) is 2.84. The summed E-state index contributed by atoms with van der Waals surface area (Å²) < 4.78 is 0. The van der Waals surface area contributed by atoms with Gasteiger partial charge in [0.05, 0.1) is 0 Å². The van der Waals surface area contributed by atoms with Gasteiger partial charge in [0, 0.05) is 12.5 Å². The molecule has 1 amide bonds. The second kappa shape index (κ2) is 7.53. The summed E-state index contributed by atoms with van der Waals surface area (Å²) >= 11 is 0. The minimum Gasteiger partial charge on any atom is -0.480 e. The first-order valence-electron chi connectivity index (χ1n) is 6.37. The highest BCUT2D eigenvalue weighted by Gasteiger charge is 2.20. The molecule has 0 saturated heterocycles. The van der Waals surface area contributed by atoms with E-state index in [2.05, 4.69) is 5.32 Å². The van der Waals surface area contributed by atoms with Gasteiger partial charge in [0.1, 0.15) is 6.04 Å². The third-order valence-electron chi connectivity index (χ3n) is 2.84. The van der Waals surface area contributed by atoms with Crippen LogP contribution in [0, 0.1) is 0 Å². The van der Waals surface area contributed by atoms with Crippen LogP contribution in [-0.2, 0) is 9.59 Å². The topological polar surface area (TPSA) is 92.4 Å². The molecule has 0 spiro atoms. The normalized spacial score (nSPS) is 13.6. The Kier molecular flexibility index (Phi) is 6.02. The Labute approximate surface area is 112 Å². The highest BCUT2D eigenvalue weighted by Crippen LogP contribution is 2.13. The summed E-state index contributed by atoms with van der Waals surface area (Å²) in [4.78, 5) is 22.7. The highest BCUT2D eigenvalue weighted by atomic mass is 16.4. The van der Waals surface area contributed by atoms with Crippen LogP contribution in [0.2, 0.25) is 0 Å². The molecule has 0 saturated carbocycles. The fraction of sp³-hybridized carbons (Fsp3) is 0.429. The number of carboxylic acids is 1. The molecule has 19 heavy (non-hydrogen) atoms. The lowest BCUT2D eigenvalue weighted by molar-refractivity contribution is -0.142. The SMILES string of the molecule is CCCC(NC(=O)CC(N)c1ccccc1)C(=O)O. The van der Waals surface area contributed by atoms with Crippen molar-refractivity contribution in [3.8, 4) is 0 Å². The molecular weight excluding hydrogens is 244 g/mol. The van der Waals surface area contributed by atoms with Gasteiger partial charge in [-0.15, -0.1) is 0 Å². The van der Waals surface area contributed by atoms with E-state index in [9.17, 15) is 9.59 Å². The van der Waals surface area contributed by atoms with E-state index in [0.717, 1.165) is 5.56 Å². The number of hydrogen-bond acceptors (Lipinski definition) is 3. The molecule has 0 radical (unpaired) electrons. The van der Waals surface area contributed by atoms with Crippen LogP contribution in [0.5, 0.6) is 0 Å². The van der Waals surface area contributed by atoms with E-state index in [4.69, 9.17) is 10.8 Å². The number of rotatable bonds is 7. The van der Waals surface area contributed by atoms with Crippen molar-refractivity contribution >= 4 is 11.9 Å². The molecule has 0 fully saturated rings. The molecule has 0 bridgehead atoms. The third kappa shape index (κ3) is 5.09. The number of amides is 1. The molecule has 5 nitrogen and oxygen atoms in total. The van der Waals surface area contributed by atoms with Gasteiger partial charge in [-0.2, -0.15) is 0 Å². The minimum absolute atomic E-state index is 0.0809. The fourth-order valence-corrected chi connectivity index (χ4v) is 1.82. The molecule has 0 aliphatic heterocycles. The Hall–Kier alpha value is -1.88. The van der Waals surface area contributed by atoms with E-state index < -0.39 is 18.1 Å². The zero-order valence-corrected chi connectivity index (χ0v) is 11.0. The first-order chi connectivity index (χ1) is 9.04. The number of hydrogen-bond donors (Lipinski definition) is 3. The molecule has 4 N–H and O–H groups in total. The molecule has 1 aromatic carbocycles. The van der Waals surface area contributed by atoms with Crippen molar-refractivity contribution in [1.82, 2.24) is 5.32 Å². The van der Waals surface area contributed by atoms with Crippen molar-refractivity contribution in [2.24, 2.45) is 5.73 Å². The van der Waals surface area contributed by atoms with Crippen LogP contribution in [0.3, 0.4) is 0 Å². The Morgan fingerprint density at radius 3 is 2.47 bits per heavy atom. The second-order valence-corrected chi connectivity index (χ2v) is 4.47. The van der Waals surface area contributed by atoms with Gasteiger partial charge in [-0.25, -0.2) is 4.79 Å². The first kappa shape index (κ1) is 15.2. The van der Waals surface area contributed by atoms with Crippen molar-refractivity contribution in [1.29, 1.82) is 0 Å². The van der Waals surface area contributed by atoms with Gasteiger partial charge in [0.25, 0.3) is 0 Å². The average Bonchev–Trinajstić information content (AvgIpc) is 2.39. The summed E-state index contributed by atoms with van der Waals surface area (Å²) in [6.07, 6.45) is 1.20. The zero-order valence-electron chi connectivity index (χ0n) is 11.0. The van der Waals surface area contributed by atoms with E-state index in [-0.39, 0.29) is 12.3 Å². The van der Waals surface area contributed by atoms with Crippen LogP contribution in [0.25, 0.3) is 0 Å². The predicted molar refractivity (Wildman–Crippen MR) is 72.5 cm³/mol.